The highest BCUT2D eigenvalue weighted by Gasteiger charge is 2.20. The van der Waals surface area contributed by atoms with Gasteiger partial charge in [0, 0.05) is 4.70 Å². The zero-order valence-corrected chi connectivity index (χ0v) is 16.3. The molecule has 29 heavy (non-hydrogen) atoms. The van der Waals surface area contributed by atoms with Crippen molar-refractivity contribution in [3.8, 4) is 16.5 Å². The minimum Gasteiger partial charge on any atom is -0.501 e. The normalized spacial score (nSPS) is 10.9. The third kappa shape index (κ3) is 3.62. The van der Waals surface area contributed by atoms with Crippen molar-refractivity contribution in [2.45, 2.75) is 6.42 Å². The summed E-state index contributed by atoms with van der Waals surface area (Å²) in [5.74, 6) is -2.79. The topological polar surface area (TPSA) is 132 Å². The Morgan fingerprint density at radius 1 is 1.17 bits per heavy atom. The zero-order valence-electron chi connectivity index (χ0n) is 14.6. The number of fused-ring (bicyclic) bond motifs is 1. The molecule has 146 valence electrons. The van der Waals surface area contributed by atoms with Gasteiger partial charge in [0.2, 0.25) is 11.7 Å². The van der Waals surface area contributed by atoms with Crippen molar-refractivity contribution in [1.82, 2.24) is 9.97 Å². The van der Waals surface area contributed by atoms with Crippen LogP contribution in [0.5, 0.6) is 5.75 Å². The predicted octanol–water partition coefficient (Wildman–Crippen LogP) is 3.30. The van der Waals surface area contributed by atoms with E-state index in [9.17, 15) is 19.5 Å². The Labute approximate surface area is 171 Å². The number of aromatic carboxylic acids is 1. The fraction of sp³-hybridized carbons (Fsp3) is 0.0526. The molecule has 4 rings (SSSR count). The standard InChI is InChI=1S/C19H13N3O5S2/c23-13(7-9-8-29-12-4-2-1-3-10(9)12)20-11-5-6-28-16(11)17-21-14(19(26)27)15(24)18(25)22-17/h1-6,8,24H,7H2,(H,20,23)(H,26,27)(H,21,22,25). The van der Waals surface area contributed by atoms with Crippen molar-refractivity contribution < 1.29 is 19.8 Å². The lowest BCUT2D eigenvalue weighted by Gasteiger charge is -2.07. The summed E-state index contributed by atoms with van der Waals surface area (Å²) in [6.45, 7) is 0. The molecule has 0 aliphatic heterocycles. The van der Waals surface area contributed by atoms with Crippen molar-refractivity contribution in [2.24, 2.45) is 0 Å². The van der Waals surface area contributed by atoms with Gasteiger partial charge >= 0.3 is 5.97 Å². The minimum atomic E-state index is -1.53. The molecule has 0 bridgehead atoms. The molecule has 4 aromatic rings. The maximum atomic E-state index is 12.6. The van der Waals surface area contributed by atoms with Crippen LogP contribution in [0.4, 0.5) is 5.69 Å². The lowest BCUT2D eigenvalue weighted by atomic mass is 10.1. The van der Waals surface area contributed by atoms with Crippen LogP contribution in [0.3, 0.4) is 0 Å². The van der Waals surface area contributed by atoms with Gasteiger partial charge in [0.25, 0.3) is 5.56 Å². The van der Waals surface area contributed by atoms with Gasteiger partial charge in [0.1, 0.15) is 0 Å². The van der Waals surface area contributed by atoms with E-state index in [-0.39, 0.29) is 18.2 Å². The van der Waals surface area contributed by atoms with E-state index in [1.165, 1.54) is 11.3 Å². The second-order valence-electron chi connectivity index (χ2n) is 6.06. The molecule has 0 aliphatic carbocycles. The summed E-state index contributed by atoms with van der Waals surface area (Å²) in [6.07, 6.45) is 0.166. The third-order valence-electron chi connectivity index (χ3n) is 4.16. The molecule has 0 saturated heterocycles. The Hall–Kier alpha value is -3.50. The largest absolute Gasteiger partial charge is 0.501 e. The maximum absolute atomic E-state index is 12.6. The van der Waals surface area contributed by atoms with Gasteiger partial charge in [-0.3, -0.25) is 9.59 Å². The fourth-order valence-corrected chi connectivity index (χ4v) is 4.61. The Bertz CT molecular complexity index is 1300. The molecule has 10 heteroatoms. The number of amides is 1. The SMILES string of the molecule is O=C(Cc1csc2ccccc12)Nc1ccsc1-c1nc(C(=O)O)c(O)c(=O)[nH]1. The van der Waals surface area contributed by atoms with Crippen LogP contribution in [0.1, 0.15) is 16.1 Å². The quantitative estimate of drug-likeness (QED) is 0.386. The Balaban J connectivity index is 1.61. The van der Waals surface area contributed by atoms with E-state index in [1.807, 2.05) is 29.6 Å². The fourth-order valence-electron chi connectivity index (χ4n) is 2.85. The highest BCUT2D eigenvalue weighted by Crippen LogP contribution is 2.32. The lowest BCUT2D eigenvalue weighted by Crippen LogP contribution is -2.16. The van der Waals surface area contributed by atoms with Crippen molar-refractivity contribution in [2.75, 3.05) is 5.32 Å². The van der Waals surface area contributed by atoms with Gasteiger partial charge in [-0.15, -0.1) is 22.7 Å². The number of H-pyrrole nitrogens is 1. The van der Waals surface area contributed by atoms with Gasteiger partial charge in [0.05, 0.1) is 17.0 Å². The first-order valence-corrected chi connectivity index (χ1v) is 10.1. The van der Waals surface area contributed by atoms with Crippen LogP contribution in [0, 0.1) is 0 Å². The summed E-state index contributed by atoms with van der Waals surface area (Å²) in [4.78, 5) is 42.2. The summed E-state index contributed by atoms with van der Waals surface area (Å²) in [6, 6.07) is 9.45. The van der Waals surface area contributed by atoms with Crippen molar-refractivity contribution in [3.63, 3.8) is 0 Å². The first-order valence-electron chi connectivity index (χ1n) is 8.33. The summed E-state index contributed by atoms with van der Waals surface area (Å²) in [7, 11) is 0. The van der Waals surface area contributed by atoms with E-state index < -0.39 is 23.0 Å². The number of aromatic hydroxyl groups is 1. The zero-order chi connectivity index (χ0) is 20.5. The number of thiophene rings is 2. The number of nitrogens with one attached hydrogen (secondary N) is 2. The Morgan fingerprint density at radius 3 is 2.76 bits per heavy atom. The van der Waals surface area contributed by atoms with Crippen molar-refractivity contribution >= 4 is 50.3 Å². The van der Waals surface area contributed by atoms with Gasteiger partial charge in [0.15, 0.2) is 11.5 Å². The van der Waals surface area contributed by atoms with Gasteiger partial charge in [-0.25, -0.2) is 9.78 Å². The number of anilines is 1. The Kier molecular flexibility index (Phi) is 4.87. The van der Waals surface area contributed by atoms with E-state index in [0.29, 0.717) is 10.6 Å². The molecule has 1 aromatic carbocycles. The molecule has 0 unspecified atom stereocenters. The van der Waals surface area contributed by atoms with Crippen LogP contribution >= 0.6 is 22.7 Å². The van der Waals surface area contributed by atoms with E-state index >= 15 is 0 Å². The van der Waals surface area contributed by atoms with E-state index in [0.717, 1.165) is 15.6 Å². The first kappa shape index (κ1) is 18.8. The van der Waals surface area contributed by atoms with Crippen LogP contribution in [0.2, 0.25) is 0 Å². The molecule has 0 atom stereocenters. The number of carbonyl (C=O) groups is 2. The summed E-state index contributed by atoms with van der Waals surface area (Å²) < 4.78 is 1.10. The molecular formula is C19H13N3O5S2. The van der Waals surface area contributed by atoms with Gasteiger partial charge in [-0.1, -0.05) is 18.2 Å². The Morgan fingerprint density at radius 2 is 1.97 bits per heavy atom. The number of carboxylic acid groups (broad SMARTS) is 1. The summed E-state index contributed by atoms with van der Waals surface area (Å²) in [5.41, 5.74) is -0.420. The molecule has 0 fully saturated rings. The van der Waals surface area contributed by atoms with Crippen molar-refractivity contribution in [3.05, 3.63) is 62.7 Å². The predicted molar refractivity (Wildman–Crippen MR) is 111 cm³/mol. The third-order valence-corrected chi connectivity index (χ3v) is 6.10. The number of aromatic amines is 1. The lowest BCUT2D eigenvalue weighted by molar-refractivity contribution is -0.115. The molecule has 3 aromatic heterocycles. The van der Waals surface area contributed by atoms with Gasteiger partial charge in [-0.2, -0.15) is 0 Å². The number of hydrogen-bond acceptors (Lipinski definition) is 7. The molecule has 0 spiro atoms. The number of benzene rings is 1. The first-order chi connectivity index (χ1) is 13.9. The van der Waals surface area contributed by atoms with Crippen LogP contribution in [-0.2, 0) is 11.2 Å². The number of rotatable bonds is 5. The van der Waals surface area contributed by atoms with Crippen LogP contribution in [0.25, 0.3) is 20.8 Å². The maximum Gasteiger partial charge on any atom is 0.358 e. The summed E-state index contributed by atoms with van der Waals surface area (Å²) in [5, 5.41) is 26.1. The second kappa shape index (κ2) is 7.49. The molecule has 3 heterocycles. The van der Waals surface area contributed by atoms with Gasteiger partial charge < -0.3 is 20.5 Å². The average molecular weight is 427 g/mol. The number of carbonyl (C=O) groups excluding carboxylic acids is 1. The second-order valence-corrected chi connectivity index (χ2v) is 7.89. The van der Waals surface area contributed by atoms with Crippen LogP contribution < -0.4 is 10.9 Å². The smallest absolute Gasteiger partial charge is 0.358 e. The highest BCUT2D eigenvalue weighted by molar-refractivity contribution is 7.17. The average Bonchev–Trinajstić information content (AvgIpc) is 3.31. The van der Waals surface area contributed by atoms with E-state index in [1.54, 1.807) is 22.8 Å². The molecule has 8 nitrogen and oxygen atoms in total. The van der Waals surface area contributed by atoms with E-state index in [4.69, 9.17) is 5.11 Å². The van der Waals surface area contributed by atoms with Crippen LogP contribution in [0.15, 0.2) is 45.9 Å². The monoisotopic (exact) mass is 427 g/mol. The molecule has 1 amide bonds. The minimum absolute atomic E-state index is 0.0449. The molecule has 0 aliphatic rings. The number of carboxylic acids is 1. The molecule has 4 N–H and O–H groups in total. The van der Waals surface area contributed by atoms with Crippen LogP contribution in [-0.4, -0.2) is 32.1 Å². The van der Waals surface area contributed by atoms with E-state index in [2.05, 4.69) is 15.3 Å². The number of nitrogens with zero attached hydrogens (tertiary/aromatic N) is 1. The number of hydrogen-bond donors (Lipinski definition) is 4. The molecular weight excluding hydrogens is 414 g/mol. The summed E-state index contributed by atoms with van der Waals surface area (Å²) >= 11 is 2.73. The van der Waals surface area contributed by atoms with Crippen molar-refractivity contribution in [1.29, 1.82) is 0 Å². The van der Waals surface area contributed by atoms with Gasteiger partial charge in [-0.05, 0) is 33.8 Å². The highest BCUT2D eigenvalue weighted by atomic mass is 32.1. The molecule has 0 saturated carbocycles. The number of aromatic nitrogens is 2. The molecule has 0 radical (unpaired) electrons.